The van der Waals surface area contributed by atoms with E-state index in [2.05, 4.69) is 6.58 Å². The molecule has 0 saturated carbocycles. The number of nitrogens with zero attached hydrogens (tertiary/aromatic N) is 1. The Morgan fingerprint density at radius 1 is 1.43 bits per heavy atom. The minimum atomic E-state index is -4.64. The van der Waals surface area contributed by atoms with Crippen molar-refractivity contribution in [2.45, 2.75) is 13.2 Å². The lowest BCUT2D eigenvalue weighted by molar-refractivity contribution is -0.929. The highest BCUT2D eigenvalue weighted by atomic mass is 31.2. The maximum atomic E-state index is 9.14. The standard InChI is InChI=1S/C7H16NO.H3O4P/c1-5-6-8(3,4)7(2)9;1-5(2,3)4/h5,7,9H,1,6H2,2-4H3;(H3,1,2,3,4)/q+1;. The molecule has 0 fully saturated rings. The van der Waals surface area contributed by atoms with Crippen molar-refractivity contribution in [2.75, 3.05) is 20.6 Å². The highest BCUT2D eigenvalue weighted by Gasteiger charge is 2.18. The summed E-state index contributed by atoms with van der Waals surface area (Å²) in [5.41, 5.74) is 0. The van der Waals surface area contributed by atoms with Crippen molar-refractivity contribution in [1.29, 1.82) is 0 Å². The first-order valence-electron chi connectivity index (χ1n) is 3.90. The number of hydrogen-bond acceptors (Lipinski definition) is 2. The van der Waals surface area contributed by atoms with Gasteiger partial charge in [-0.1, -0.05) is 6.58 Å². The van der Waals surface area contributed by atoms with Crippen LogP contribution in [-0.4, -0.2) is 51.1 Å². The SMILES string of the molecule is C=CC[N+](C)(C)C(C)O.O=P(O)(O)O. The van der Waals surface area contributed by atoms with Crippen LogP contribution in [-0.2, 0) is 4.57 Å². The van der Waals surface area contributed by atoms with Gasteiger partial charge in [0.15, 0.2) is 6.23 Å². The van der Waals surface area contributed by atoms with Crippen LogP contribution in [0.2, 0.25) is 0 Å². The van der Waals surface area contributed by atoms with Gasteiger partial charge >= 0.3 is 7.82 Å². The van der Waals surface area contributed by atoms with E-state index in [0.717, 1.165) is 6.54 Å². The van der Waals surface area contributed by atoms with E-state index in [1.807, 2.05) is 20.2 Å². The van der Waals surface area contributed by atoms with Crippen LogP contribution in [0.4, 0.5) is 0 Å². The number of aliphatic hydroxyl groups excluding tert-OH is 1. The average molecular weight is 228 g/mol. The molecule has 6 nitrogen and oxygen atoms in total. The molecule has 86 valence electrons. The van der Waals surface area contributed by atoms with E-state index in [4.69, 9.17) is 24.4 Å². The van der Waals surface area contributed by atoms with E-state index in [1.165, 1.54) is 0 Å². The molecule has 1 unspecified atom stereocenters. The fraction of sp³-hybridized carbons (Fsp3) is 0.714. The molecule has 0 aliphatic carbocycles. The van der Waals surface area contributed by atoms with Crippen molar-refractivity contribution in [1.82, 2.24) is 0 Å². The number of phosphoric acid groups is 1. The van der Waals surface area contributed by atoms with Crippen LogP contribution in [0.5, 0.6) is 0 Å². The Kier molecular flexibility index (Phi) is 7.28. The third-order valence-electron chi connectivity index (χ3n) is 1.61. The second-order valence-electron chi connectivity index (χ2n) is 3.40. The summed E-state index contributed by atoms with van der Waals surface area (Å²) in [5.74, 6) is 0. The lowest BCUT2D eigenvalue weighted by Gasteiger charge is -2.31. The largest absolute Gasteiger partial charge is 0.466 e. The monoisotopic (exact) mass is 228 g/mol. The lowest BCUT2D eigenvalue weighted by atomic mass is 10.4. The molecule has 0 saturated heterocycles. The zero-order chi connectivity index (χ0) is 12.0. The molecule has 0 aromatic heterocycles. The molecule has 0 aliphatic heterocycles. The average Bonchev–Trinajstić information content (AvgIpc) is 1.82. The van der Waals surface area contributed by atoms with Gasteiger partial charge in [0.2, 0.25) is 0 Å². The Balaban J connectivity index is 0. The molecule has 0 radical (unpaired) electrons. The van der Waals surface area contributed by atoms with Gasteiger partial charge in [0.1, 0.15) is 0 Å². The van der Waals surface area contributed by atoms with E-state index in [9.17, 15) is 0 Å². The molecule has 0 aliphatic rings. The Bertz CT molecular complexity index is 202. The summed E-state index contributed by atoms with van der Waals surface area (Å²) in [6.45, 7) is 6.19. The van der Waals surface area contributed by atoms with Crippen molar-refractivity contribution in [2.24, 2.45) is 0 Å². The van der Waals surface area contributed by atoms with Crippen molar-refractivity contribution < 1.29 is 28.8 Å². The highest BCUT2D eigenvalue weighted by Crippen LogP contribution is 2.25. The van der Waals surface area contributed by atoms with Crippen molar-refractivity contribution in [3.8, 4) is 0 Å². The number of likely N-dealkylation sites (N-methyl/N-ethyl adjacent to an activating group) is 1. The van der Waals surface area contributed by atoms with Crippen LogP contribution in [0.1, 0.15) is 6.92 Å². The molecule has 4 N–H and O–H groups in total. The van der Waals surface area contributed by atoms with Gasteiger partial charge in [-0.05, 0) is 6.08 Å². The van der Waals surface area contributed by atoms with Gasteiger partial charge in [-0.2, -0.15) is 0 Å². The van der Waals surface area contributed by atoms with Gasteiger partial charge in [-0.15, -0.1) is 0 Å². The smallest absolute Gasteiger partial charge is 0.345 e. The van der Waals surface area contributed by atoms with Gasteiger partial charge in [0.25, 0.3) is 0 Å². The van der Waals surface area contributed by atoms with Crippen molar-refractivity contribution in [3.63, 3.8) is 0 Å². The molecular weight excluding hydrogens is 209 g/mol. The second kappa shape index (κ2) is 6.29. The first-order valence-corrected chi connectivity index (χ1v) is 5.47. The zero-order valence-corrected chi connectivity index (χ0v) is 9.55. The van der Waals surface area contributed by atoms with E-state index in [0.29, 0.717) is 4.48 Å². The molecule has 0 aromatic rings. The van der Waals surface area contributed by atoms with Crippen molar-refractivity contribution in [3.05, 3.63) is 12.7 Å². The molecule has 1 atom stereocenters. The summed E-state index contributed by atoms with van der Waals surface area (Å²) in [4.78, 5) is 21.6. The Hall–Kier alpha value is -0.230. The second-order valence-corrected chi connectivity index (χ2v) is 4.42. The molecule has 0 aromatic carbocycles. The number of quaternary nitrogens is 1. The summed E-state index contributed by atoms with van der Waals surface area (Å²) in [6.07, 6.45) is 1.50. The number of hydrogen-bond donors (Lipinski definition) is 4. The summed E-state index contributed by atoms with van der Waals surface area (Å²) in [5, 5.41) is 9.14. The first kappa shape index (κ1) is 16.2. The van der Waals surface area contributed by atoms with Crippen LogP contribution < -0.4 is 0 Å². The summed E-state index contributed by atoms with van der Waals surface area (Å²) < 4.78 is 9.47. The summed E-state index contributed by atoms with van der Waals surface area (Å²) >= 11 is 0. The third-order valence-corrected chi connectivity index (χ3v) is 1.61. The predicted octanol–water partition coefficient (Wildman–Crippen LogP) is -0.341. The van der Waals surface area contributed by atoms with Crippen LogP contribution in [0, 0.1) is 0 Å². The van der Waals surface area contributed by atoms with E-state index in [1.54, 1.807) is 6.92 Å². The molecule has 0 heterocycles. The third kappa shape index (κ3) is 14.3. The van der Waals surface area contributed by atoms with Crippen LogP contribution in [0.15, 0.2) is 12.7 Å². The summed E-state index contributed by atoms with van der Waals surface area (Å²) in [7, 11) is -0.710. The lowest BCUT2D eigenvalue weighted by Crippen LogP contribution is -2.47. The molecule has 0 bridgehead atoms. The van der Waals surface area contributed by atoms with Crippen LogP contribution in [0.3, 0.4) is 0 Å². The fourth-order valence-corrected chi connectivity index (χ4v) is 0.485. The molecule has 0 amide bonds. The molecular formula is C7H19NO5P+. The topological polar surface area (TPSA) is 98.0 Å². The Morgan fingerprint density at radius 2 is 1.71 bits per heavy atom. The molecule has 0 rings (SSSR count). The fourth-order valence-electron chi connectivity index (χ4n) is 0.485. The van der Waals surface area contributed by atoms with E-state index in [-0.39, 0.29) is 6.23 Å². The zero-order valence-electron chi connectivity index (χ0n) is 8.66. The van der Waals surface area contributed by atoms with Gasteiger partial charge in [-0.3, -0.25) is 0 Å². The molecule has 7 heteroatoms. The first-order chi connectivity index (χ1) is 6.00. The molecule has 14 heavy (non-hydrogen) atoms. The molecule has 0 spiro atoms. The van der Waals surface area contributed by atoms with Crippen LogP contribution in [0.25, 0.3) is 0 Å². The quantitative estimate of drug-likeness (QED) is 0.229. The van der Waals surface area contributed by atoms with E-state index < -0.39 is 7.82 Å². The van der Waals surface area contributed by atoms with Gasteiger partial charge in [0.05, 0.1) is 20.6 Å². The Morgan fingerprint density at radius 3 is 1.79 bits per heavy atom. The van der Waals surface area contributed by atoms with Crippen molar-refractivity contribution >= 4 is 7.82 Å². The minimum absolute atomic E-state index is 0.317. The normalized spacial score (nSPS) is 13.9. The maximum Gasteiger partial charge on any atom is 0.466 e. The highest BCUT2D eigenvalue weighted by molar-refractivity contribution is 7.45. The maximum absolute atomic E-state index is 9.14. The number of aliphatic hydroxyl groups is 1. The predicted molar refractivity (Wildman–Crippen MR) is 53.1 cm³/mol. The number of rotatable bonds is 3. The van der Waals surface area contributed by atoms with Gasteiger partial charge in [0, 0.05) is 6.92 Å². The van der Waals surface area contributed by atoms with Gasteiger partial charge < -0.3 is 24.3 Å². The van der Waals surface area contributed by atoms with E-state index >= 15 is 0 Å². The van der Waals surface area contributed by atoms with Gasteiger partial charge in [-0.25, -0.2) is 4.57 Å². The van der Waals surface area contributed by atoms with Crippen LogP contribution >= 0.6 is 7.82 Å². The summed E-state index contributed by atoms with van der Waals surface area (Å²) in [6, 6.07) is 0. The minimum Gasteiger partial charge on any atom is -0.345 e. The Labute approximate surface area is 83.9 Å².